The second-order valence-corrected chi connectivity index (χ2v) is 6.08. The van der Waals surface area contributed by atoms with Crippen molar-refractivity contribution in [1.82, 2.24) is 15.2 Å². The fraction of sp³-hybridized carbons (Fsp3) is 0.0588. The number of hydrogen-bond donors (Lipinski definition) is 0. The molecule has 1 atom stereocenters. The van der Waals surface area contributed by atoms with Gasteiger partial charge in [-0.15, -0.1) is 5.10 Å². The Morgan fingerprint density at radius 1 is 0.958 bits per heavy atom. The fourth-order valence-corrected chi connectivity index (χ4v) is 3.15. The molecule has 0 saturated carbocycles. The first-order valence-electron chi connectivity index (χ1n) is 6.89. The van der Waals surface area contributed by atoms with Crippen LogP contribution in [-0.4, -0.2) is 15.2 Å². The van der Waals surface area contributed by atoms with Gasteiger partial charge >= 0.3 is 0 Å². The highest BCUT2D eigenvalue weighted by molar-refractivity contribution is 6.36. The molecule has 2 heterocycles. The number of hydrogen-bond acceptors (Lipinski definition) is 4. The Morgan fingerprint density at radius 2 is 1.62 bits per heavy atom. The van der Waals surface area contributed by atoms with Crippen molar-refractivity contribution in [2.24, 2.45) is 0 Å². The molecule has 0 spiro atoms. The van der Waals surface area contributed by atoms with Crippen molar-refractivity contribution in [3.05, 3.63) is 75.2 Å². The number of aromatic nitrogens is 3. The highest BCUT2D eigenvalue weighted by atomic mass is 35.5. The van der Waals surface area contributed by atoms with Crippen LogP contribution in [0.15, 0.2) is 48.8 Å². The summed E-state index contributed by atoms with van der Waals surface area (Å²) in [5.74, 6) is -0.753. The van der Waals surface area contributed by atoms with Gasteiger partial charge in [-0.2, -0.15) is 10.4 Å². The molecule has 1 unspecified atom stereocenters. The Labute approximate surface area is 153 Å². The first-order valence-corrected chi connectivity index (χ1v) is 8.02. The van der Waals surface area contributed by atoms with E-state index in [1.807, 2.05) is 0 Å². The van der Waals surface area contributed by atoms with Crippen LogP contribution in [0, 0.1) is 11.3 Å². The summed E-state index contributed by atoms with van der Waals surface area (Å²) in [4.78, 5) is 3.98. The highest BCUT2D eigenvalue weighted by Gasteiger charge is 2.23. The van der Waals surface area contributed by atoms with E-state index < -0.39 is 5.92 Å². The third kappa shape index (κ3) is 3.20. The van der Waals surface area contributed by atoms with Gasteiger partial charge in [0.05, 0.1) is 11.8 Å². The Balaban J connectivity index is 2.14. The summed E-state index contributed by atoms with van der Waals surface area (Å²) < 4.78 is 0. The van der Waals surface area contributed by atoms with Crippen molar-refractivity contribution in [3.8, 4) is 17.2 Å². The summed E-state index contributed by atoms with van der Waals surface area (Å²) in [6.45, 7) is 0. The minimum atomic E-state index is -0.753. The van der Waals surface area contributed by atoms with Crippen LogP contribution in [0.2, 0.25) is 15.2 Å². The number of pyridine rings is 1. The van der Waals surface area contributed by atoms with Gasteiger partial charge in [0.15, 0.2) is 5.15 Å². The third-order valence-electron chi connectivity index (χ3n) is 3.47. The molecule has 0 N–H and O–H groups in total. The topological polar surface area (TPSA) is 62.5 Å². The zero-order valence-corrected chi connectivity index (χ0v) is 14.4. The van der Waals surface area contributed by atoms with Gasteiger partial charge in [-0.1, -0.05) is 40.9 Å². The van der Waals surface area contributed by atoms with E-state index in [0.29, 0.717) is 26.9 Å². The standard InChI is InChI=1S/C17H9Cl3N4/c18-13-2-1-3-14(19)16(13)12(9-21)15-8-11(17(20)24-23-15)10-4-6-22-7-5-10/h1-8,12H. The molecule has 0 radical (unpaired) electrons. The lowest BCUT2D eigenvalue weighted by atomic mass is 9.95. The van der Waals surface area contributed by atoms with Gasteiger partial charge < -0.3 is 0 Å². The lowest BCUT2D eigenvalue weighted by molar-refractivity contribution is 0.886. The van der Waals surface area contributed by atoms with E-state index in [1.54, 1.807) is 48.8 Å². The molecule has 2 aromatic heterocycles. The number of nitriles is 1. The molecule has 0 aliphatic heterocycles. The maximum absolute atomic E-state index is 9.63. The molecular weight excluding hydrogens is 367 g/mol. The molecule has 0 aliphatic rings. The number of benzene rings is 1. The maximum atomic E-state index is 9.63. The number of nitrogens with zero attached hydrogens (tertiary/aromatic N) is 4. The minimum Gasteiger partial charge on any atom is -0.265 e. The SMILES string of the molecule is N#CC(c1cc(-c2ccncc2)c(Cl)nn1)c1c(Cl)cccc1Cl. The Hall–Kier alpha value is -2.19. The summed E-state index contributed by atoms with van der Waals surface area (Å²) in [7, 11) is 0. The van der Waals surface area contributed by atoms with E-state index in [1.165, 1.54) is 0 Å². The van der Waals surface area contributed by atoms with E-state index in [2.05, 4.69) is 21.3 Å². The van der Waals surface area contributed by atoms with Gasteiger partial charge in [0, 0.05) is 33.6 Å². The molecule has 118 valence electrons. The lowest BCUT2D eigenvalue weighted by Crippen LogP contribution is -2.05. The summed E-state index contributed by atoms with van der Waals surface area (Å²) >= 11 is 18.6. The van der Waals surface area contributed by atoms with Crippen molar-refractivity contribution < 1.29 is 0 Å². The molecule has 1 aromatic carbocycles. The second-order valence-electron chi connectivity index (χ2n) is 4.91. The first kappa shape index (κ1) is 16.7. The number of rotatable bonds is 3. The fourth-order valence-electron chi connectivity index (χ4n) is 2.33. The molecule has 0 aliphatic carbocycles. The van der Waals surface area contributed by atoms with Gasteiger partial charge in [-0.3, -0.25) is 4.98 Å². The van der Waals surface area contributed by atoms with Crippen LogP contribution in [0.1, 0.15) is 17.2 Å². The molecule has 3 aromatic rings. The zero-order valence-electron chi connectivity index (χ0n) is 12.1. The predicted molar refractivity (Wildman–Crippen MR) is 94.2 cm³/mol. The molecule has 7 heteroatoms. The van der Waals surface area contributed by atoms with Crippen LogP contribution in [0.4, 0.5) is 0 Å². The van der Waals surface area contributed by atoms with Crippen LogP contribution in [0.25, 0.3) is 11.1 Å². The van der Waals surface area contributed by atoms with Crippen LogP contribution >= 0.6 is 34.8 Å². The average Bonchev–Trinajstić information content (AvgIpc) is 2.60. The van der Waals surface area contributed by atoms with Crippen LogP contribution in [0.3, 0.4) is 0 Å². The minimum absolute atomic E-state index is 0.242. The summed E-state index contributed by atoms with van der Waals surface area (Å²) in [6.07, 6.45) is 3.30. The number of halogens is 3. The molecule has 0 fully saturated rings. The predicted octanol–water partition coefficient (Wildman–Crippen LogP) is 5.15. The molecule has 4 nitrogen and oxygen atoms in total. The molecular formula is C17H9Cl3N4. The van der Waals surface area contributed by atoms with Crippen LogP contribution in [0.5, 0.6) is 0 Å². The van der Waals surface area contributed by atoms with Crippen LogP contribution < -0.4 is 0 Å². The van der Waals surface area contributed by atoms with E-state index in [4.69, 9.17) is 34.8 Å². The first-order chi connectivity index (χ1) is 11.6. The summed E-state index contributed by atoms with van der Waals surface area (Å²) in [5.41, 5.74) is 2.41. The molecule has 3 rings (SSSR count). The summed E-state index contributed by atoms with van der Waals surface area (Å²) in [5, 5.41) is 18.7. The molecule has 0 bridgehead atoms. The lowest BCUT2D eigenvalue weighted by Gasteiger charge is -2.13. The van der Waals surface area contributed by atoms with Gasteiger partial charge in [0.1, 0.15) is 5.92 Å². The quantitative estimate of drug-likeness (QED) is 0.634. The molecule has 0 amide bonds. The molecule has 0 saturated heterocycles. The van der Waals surface area contributed by atoms with E-state index in [-0.39, 0.29) is 5.15 Å². The van der Waals surface area contributed by atoms with E-state index >= 15 is 0 Å². The Bertz CT molecular complexity index is 903. The van der Waals surface area contributed by atoms with Crippen molar-refractivity contribution in [3.63, 3.8) is 0 Å². The van der Waals surface area contributed by atoms with Crippen molar-refractivity contribution in [2.45, 2.75) is 5.92 Å². The Morgan fingerprint density at radius 3 is 2.25 bits per heavy atom. The maximum Gasteiger partial charge on any atom is 0.159 e. The van der Waals surface area contributed by atoms with Crippen molar-refractivity contribution in [1.29, 1.82) is 5.26 Å². The second kappa shape index (κ2) is 7.14. The smallest absolute Gasteiger partial charge is 0.159 e. The van der Waals surface area contributed by atoms with E-state index in [9.17, 15) is 5.26 Å². The normalized spacial score (nSPS) is 11.8. The monoisotopic (exact) mass is 374 g/mol. The largest absolute Gasteiger partial charge is 0.265 e. The van der Waals surface area contributed by atoms with Gasteiger partial charge in [-0.05, 0) is 35.9 Å². The zero-order chi connectivity index (χ0) is 17.1. The van der Waals surface area contributed by atoms with Gasteiger partial charge in [0.25, 0.3) is 0 Å². The van der Waals surface area contributed by atoms with Crippen molar-refractivity contribution >= 4 is 34.8 Å². The highest BCUT2D eigenvalue weighted by Crippen LogP contribution is 2.36. The third-order valence-corrected chi connectivity index (χ3v) is 4.41. The van der Waals surface area contributed by atoms with Crippen LogP contribution in [-0.2, 0) is 0 Å². The molecule has 24 heavy (non-hydrogen) atoms. The summed E-state index contributed by atoms with van der Waals surface area (Å²) in [6, 6.07) is 12.6. The Kier molecular flexibility index (Phi) is 4.96. The van der Waals surface area contributed by atoms with Gasteiger partial charge in [0.2, 0.25) is 0 Å². The average molecular weight is 376 g/mol. The van der Waals surface area contributed by atoms with E-state index in [0.717, 1.165) is 5.56 Å². The van der Waals surface area contributed by atoms with Crippen molar-refractivity contribution in [2.75, 3.05) is 0 Å². The van der Waals surface area contributed by atoms with Gasteiger partial charge in [-0.25, -0.2) is 0 Å².